The molecule has 0 atom stereocenters. The van der Waals surface area contributed by atoms with Crippen LogP contribution in [-0.2, 0) is 11.4 Å². The van der Waals surface area contributed by atoms with Gasteiger partial charge in [-0.05, 0) is 40.1 Å². The van der Waals surface area contributed by atoms with E-state index in [0.717, 1.165) is 5.56 Å². The van der Waals surface area contributed by atoms with E-state index in [1.165, 1.54) is 16.8 Å². The Hall–Kier alpha value is -3.58. The molecule has 4 heteroatoms. The molecule has 0 spiro atoms. The van der Waals surface area contributed by atoms with Gasteiger partial charge < -0.3 is 10.5 Å². The number of benzene rings is 3. The van der Waals surface area contributed by atoms with Crippen molar-refractivity contribution in [1.29, 1.82) is 5.26 Å². The van der Waals surface area contributed by atoms with Crippen molar-refractivity contribution in [3.05, 3.63) is 83.4 Å². The van der Waals surface area contributed by atoms with E-state index in [-0.39, 0.29) is 5.57 Å². The van der Waals surface area contributed by atoms with E-state index in [9.17, 15) is 4.79 Å². The van der Waals surface area contributed by atoms with Crippen molar-refractivity contribution in [1.82, 2.24) is 0 Å². The molecule has 4 nitrogen and oxygen atoms in total. The summed E-state index contributed by atoms with van der Waals surface area (Å²) in [5.41, 5.74) is 6.88. The van der Waals surface area contributed by atoms with Gasteiger partial charge in [0.1, 0.15) is 24.0 Å². The minimum Gasteiger partial charge on any atom is -0.489 e. The number of nitrogens with zero attached hydrogens (tertiary/aromatic N) is 1. The third-order valence-electron chi connectivity index (χ3n) is 3.85. The molecule has 2 N–H and O–H groups in total. The molecule has 122 valence electrons. The van der Waals surface area contributed by atoms with Crippen molar-refractivity contribution in [2.45, 2.75) is 6.61 Å². The molecule has 0 bridgehead atoms. The van der Waals surface area contributed by atoms with E-state index >= 15 is 0 Å². The Labute approximate surface area is 145 Å². The largest absolute Gasteiger partial charge is 0.489 e. The van der Waals surface area contributed by atoms with Crippen molar-refractivity contribution < 1.29 is 9.53 Å². The number of ether oxygens (including phenoxy) is 1. The second kappa shape index (κ2) is 7.33. The van der Waals surface area contributed by atoms with E-state index in [2.05, 4.69) is 18.2 Å². The molecular weight excluding hydrogens is 312 g/mol. The van der Waals surface area contributed by atoms with Crippen molar-refractivity contribution in [3.8, 4) is 11.8 Å². The Morgan fingerprint density at radius 2 is 1.76 bits per heavy atom. The van der Waals surface area contributed by atoms with E-state index in [1.807, 2.05) is 24.3 Å². The number of nitriles is 1. The number of fused-ring (bicyclic) bond motifs is 1. The maximum Gasteiger partial charge on any atom is 0.259 e. The first-order valence-electron chi connectivity index (χ1n) is 7.78. The highest BCUT2D eigenvalue weighted by Gasteiger charge is 2.04. The van der Waals surface area contributed by atoms with Crippen LogP contribution in [0.5, 0.6) is 5.75 Å². The summed E-state index contributed by atoms with van der Waals surface area (Å²) in [6.45, 7) is 0.460. The van der Waals surface area contributed by atoms with Crippen molar-refractivity contribution in [2.24, 2.45) is 5.73 Å². The first-order valence-corrected chi connectivity index (χ1v) is 7.78. The van der Waals surface area contributed by atoms with E-state index in [0.29, 0.717) is 17.9 Å². The van der Waals surface area contributed by atoms with Crippen molar-refractivity contribution in [3.63, 3.8) is 0 Å². The first kappa shape index (κ1) is 16.3. The Kier molecular flexibility index (Phi) is 4.77. The Morgan fingerprint density at radius 1 is 1.04 bits per heavy atom. The molecule has 0 unspecified atom stereocenters. The van der Waals surface area contributed by atoms with Gasteiger partial charge in [0.15, 0.2) is 0 Å². The lowest BCUT2D eigenvalue weighted by molar-refractivity contribution is -0.114. The lowest BCUT2D eigenvalue weighted by Crippen LogP contribution is -2.12. The number of primary amides is 1. The Morgan fingerprint density at radius 3 is 2.48 bits per heavy atom. The van der Waals surface area contributed by atoms with Gasteiger partial charge in [-0.2, -0.15) is 5.26 Å². The molecule has 3 aromatic rings. The van der Waals surface area contributed by atoms with Gasteiger partial charge in [0.05, 0.1) is 0 Å². The average Bonchev–Trinajstić information content (AvgIpc) is 2.65. The summed E-state index contributed by atoms with van der Waals surface area (Å²) in [5.74, 6) is -0.0264. The predicted octanol–water partition coefficient (Wildman–Crippen LogP) is 3.81. The zero-order valence-electron chi connectivity index (χ0n) is 13.5. The molecular formula is C21H16N2O2. The fourth-order valence-electron chi connectivity index (χ4n) is 2.56. The summed E-state index contributed by atoms with van der Waals surface area (Å²) in [4.78, 5) is 11.1. The number of nitrogens with two attached hydrogens (primary N) is 1. The Bertz CT molecular complexity index is 977. The molecule has 0 saturated heterocycles. The lowest BCUT2D eigenvalue weighted by atomic mass is 10.1. The highest BCUT2D eigenvalue weighted by atomic mass is 16.5. The van der Waals surface area contributed by atoms with E-state index in [4.69, 9.17) is 15.7 Å². The third-order valence-corrected chi connectivity index (χ3v) is 3.85. The molecule has 0 radical (unpaired) electrons. The molecule has 0 heterocycles. The number of carbonyl (C=O) groups is 1. The maximum absolute atomic E-state index is 11.1. The summed E-state index contributed by atoms with van der Waals surface area (Å²) in [6, 6.07) is 23.3. The number of hydrogen-bond donors (Lipinski definition) is 1. The fraction of sp³-hybridized carbons (Fsp3) is 0.0476. The average molecular weight is 328 g/mol. The standard InChI is InChI=1S/C21H16N2O2/c22-13-18(21(23)24)12-15-8-10-19(11-9-15)25-14-17-6-3-5-16-4-1-2-7-20(16)17/h1-12H,14H2,(H2,23,24)/b18-12-. The molecule has 3 rings (SSSR count). The molecule has 0 aliphatic carbocycles. The summed E-state index contributed by atoms with van der Waals surface area (Å²) in [7, 11) is 0. The lowest BCUT2D eigenvalue weighted by Gasteiger charge is -2.09. The van der Waals surface area contributed by atoms with Crippen LogP contribution in [0.4, 0.5) is 0 Å². The molecule has 0 saturated carbocycles. The predicted molar refractivity (Wildman–Crippen MR) is 97.5 cm³/mol. The number of rotatable bonds is 5. The second-order valence-electron chi connectivity index (χ2n) is 5.53. The van der Waals surface area contributed by atoms with Crippen LogP contribution in [0.15, 0.2) is 72.3 Å². The van der Waals surface area contributed by atoms with Gasteiger partial charge in [0, 0.05) is 0 Å². The summed E-state index contributed by atoms with van der Waals surface area (Å²) in [5, 5.41) is 11.2. The van der Waals surface area contributed by atoms with E-state index < -0.39 is 5.91 Å². The molecule has 1 amide bonds. The molecule has 0 aromatic heterocycles. The van der Waals surface area contributed by atoms with Crippen LogP contribution in [0.2, 0.25) is 0 Å². The van der Waals surface area contributed by atoms with Crippen molar-refractivity contribution >= 4 is 22.8 Å². The minimum absolute atomic E-state index is 0.0792. The van der Waals surface area contributed by atoms with Crippen LogP contribution in [0.3, 0.4) is 0 Å². The molecule has 0 aliphatic rings. The third kappa shape index (κ3) is 3.85. The van der Waals surface area contributed by atoms with Gasteiger partial charge in [-0.15, -0.1) is 0 Å². The van der Waals surface area contributed by atoms with Gasteiger partial charge in [-0.1, -0.05) is 54.6 Å². The van der Waals surface area contributed by atoms with Crippen LogP contribution in [0.25, 0.3) is 16.8 Å². The van der Waals surface area contributed by atoms with Crippen LogP contribution < -0.4 is 10.5 Å². The van der Waals surface area contributed by atoms with Gasteiger partial charge >= 0.3 is 0 Å². The fourth-order valence-corrected chi connectivity index (χ4v) is 2.56. The summed E-state index contributed by atoms with van der Waals surface area (Å²) >= 11 is 0. The quantitative estimate of drug-likeness (QED) is 0.571. The van der Waals surface area contributed by atoms with Crippen LogP contribution in [-0.4, -0.2) is 5.91 Å². The van der Waals surface area contributed by atoms with Gasteiger partial charge in [0.2, 0.25) is 0 Å². The second-order valence-corrected chi connectivity index (χ2v) is 5.53. The molecule has 25 heavy (non-hydrogen) atoms. The smallest absolute Gasteiger partial charge is 0.259 e. The van der Waals surface area contributed by atoms with Gasteiger partial charge in [-0.25, -0.2) is 0 Å². The monoisotopic (exact) mass is 328 g/mol. The Balaban J connectivity index is 1.74. The number of hydrogen-bond acceptors (Lipinski definition) is 3. The summed E-state index contributed by atoms with van der Waals surface area (Å²) < 4.78 is 5.86. The highest BCUT2D eigenvalue weighted by Crippen LogP contribution is 2.21. The normalized spacial score (nSPS) is 11.1. The first-order chi connectivity index (χ1) is 12.2. The van der Waals surface area contributed by atoms with Crippen LogP contribution in [0, 0.1) is 11.3 Å². The SMILES string of the molecule is N#C/C(=C/c1ccc(OCc2cccc3ccccc23)cc1)C(N)=O. The highest BCUT2D eigenvalue weighted by molar-refractivity contribution is 6.00. The van der Waals surface area contributed by atoms with Crippen molar-refractivity contribution in [2.75, 3.05) is 0 Å². The number of amides is 1. The molecule has 0 fully saturated rings. The molecule has 3 aromatic carbocycles. The zero-order valence-corrected chi connectivity index (χ0v) is 13.5. The van der Waals surface area contributed by atoms with E-state index in [1.54, 1.807) is 30.3 Å². The maximum atomic E-state index is 11.1. The number of carbonyl (C=O) groups excluding carboxylic acids is 1. The van der Waals surface area contributed by atoms with Crippen LogP contribution >= 0.6 is 0 Å². The van der Waals surface area contributed by atoms with Crippen LogP contribution in [0.1, 0.15) is 11.1 Å². The van der Waals surface area contributed by atoms with Gasteiger partial charge in [0.25, 0.3) is 5.91 Å². The van der Waals surface area contributed by atoms with Gasteiger partial charge in [-0.3, -0.25) is 4.79 Å². The summed E-state index contributed by atoms with van der Waals surface area (Å²) in [6.07, 6.45) is 1.46. The minimum atomic E-state index is -0.737. The molecule has 0 aliphatic heterocycles. The zero-order chi connectivity index (χ0) is 17.6. The topological polar surface area (TPSA) is 76.1 Å².